The van der Waals surface area contributed by atoms with Crippen molar-refractivity contribution in [2.75, 3.05) is 13.1 Å². The fraction of sp³-hybridized carbons (Fsp3) is 0.600. The molecule has 0 saturated heterocycles. The molecule has 1 fully saturated rings. The van der Waals surface area contributed by atoms with Crippen molar-refractivity contribution in [3.05, 3.63) is 34.3 Å². The third-order valence-electron chi connectivity index (χ3n) is 3.84. The van der Waals surface area contributed by atoms with Crippen LogP contribution in [0.25, 0.3) is 0 Å². The highest BCUT2D eigenvalue weighted by molar-refractivity contribution is 6.31. The quantitative estimate of drug-likeness (QED) is 0.886. The Hall–Kier alpha value is -0.570. The number of benzene rings is 1. The summed E-state index contributed by atoms with van der Waals surface area (Å²) in [5.41, 5.74) is 8.18. The van der Waals surface area contributed by atoms with Crippen molar-refractivity contribution in [2.24, 2.45) is 5.73 Å². The predicted molar refractivity (Wildman–Crippen MR) is 77.9 cm³/mol. The van der Waals surface area contributed by atoms with Gasteiger partial charge >= 0.3 is 0 Å². The lowest BCUT2D eigenvalue weighted by Crippen LogP contribution is -2.36. The van der Waals surface area contributed by atoms with Crippen molar-refractivity contribution in [1.82, 2.24) is 4.90 Å². The summed E-state index contributed by atoms with van der Waals surface area (Å²) in [4.78, 5) is 2.50. The smallest absolute Gasteiger partial charge is 0.0453 e. The first-order chi connectivity index (χ1) is 8.70. The first-order valence-corrected chi connectivity index (χ1v) is 7.27. The summed E-state index contributed by atoms with van der Waals surface area (Å²) in [6, 6.07) is 7.03. The number of nitrogens with zero attached hydrogens (tertiary/aromatic N) is 1. The average molecular weight is 267 g/mol. The number of halogens is 1. The molecule has 0 radical (unpaired) electrons. The van der Waals surface area contributed by atoms with Gasteiger partial charge < -0.3 is 5.73 Å². The molecule has 100 valence electrons. The Bertz CT molecular complexity index is 386. The molecule has 1 aromatic rings. The third-order valence-corrected chi connectivity index (χ3v) is 4.19. The molecule has 1 aliphatic rings. The van der Waals surface area contributed by atoms with Gasteiger partial charge in [-0.2, -0.15) is 0 Å². The zero-order valence-corrected chi connectivity index (χ0v) is 11.9. The van der Waals surface area contributed by atoms with Gasteiger partial charge in [0.2, 0.25) is 0 Å². The molecule has 1 aliphatic carbocycles. The first-order valence-electron chi connectivity index (χ1n) is 6.90. The number of nitrogens with two attached hydrogens (primary N) is 1. The van der Waals surface area contributed by atoms with Crippen LogP contribution < -0.4 is 5.73 Å². The normalized spacial score (nSPS) is 16.7. The van der Waals surface area contributed by atoms with Crippen molar-refractivity contribution in [3.8, 4) is 0 Å². The van der Waals surface area contributed by atoms with E-state index in [0.29, 0.717) is 6.04 Å². The summed E-state index contributed by atoms with van der Waals surface area (Å²) >= 11 is 6.32. The lowest BCUT2D eigenvalue weighted by Gasteiger charge is -2.28. The van der Waals surface area contributed by atoms with Crippen LogP contribution >= 0.6 is 11.6 Å². The predicted octanol–water partition coefficient (Wildman–Crippen LogP) is 3.35. The molecule has 0 aromatic heterocycles. The Labute approximate surface area is 115 Å². The SMILES string of the molecule is Cc1ccc(CN(CCN)C2CCCC2)c(Cl)c1. The Morgan fingerprint density at radius 3 is 2.67 bits per heavy atom. The molecule has 2 N–H and O–H groups in total. The van der Waals surface area contributed by atoms with Crippen molar-refractivity contribution in [3.63, 3.8) is 0 Å². The molecule has 0 bridgehead atoms. The van der Waals surface area contributed by atoms with E-state index in [2.05, 4.69) is 24.0 Å². The van der Waals surface area contributed by atoms with E-state index in [1.807, 2.05) is 6.07 Å². The highest BCUT2D eigenvalue weighted by Gasteiger charge is 2.22. The molecule has 0 spiro atoms. The van der Waals surface area contributed by atoms with Crippen LogP contribution in [0.4, 0.5) is 0 Å². The van der Waals surface area contributed by atoms with E-state index in [0.717, 1.165) is 24.7 Å². The third kappa shape index (κ3) is 3.47. The van der Waals surface area contributed by atoms with E-state index >= 15 is 0 Å². The largest absolute Gasteiger partial charge is 0.329 e. The van der Waals surface area contributed by atoms with E-state index in [-0.39, 0.29) is 0 Å². The second-order valence-electron chi connectivity index (χ2n) is 5.29. The van der Waals surface area contributed by atoms with Crippen LogP contribution in [0.3, 0.4) is 0 Å². The standard InChI is InChI=1S/C15H23ClN2/c1-12-6-7-13(15(16)10-12)11-18(9-8-17)14-4-2-3-5-14/h6-7,10,14H,2-5,8-9,11,17H2,1H3. The van der Waals surface area contributed by atoms with Crippen molar-refractivity contribution in [2.45, 2.75) is 45.2 Å². The maximum atomic E-state index is 6.32. The molecule has 0 atom stereocenters. The fourth-order valence-electron chi connectivity index (χ4n) is 2.83. The molecule has 0 unspecified atom stereocenters. The minimum Gasteiger partial charge on any atom is -0.329 e. The second kappa shape index (κ2) is 6.55. The van der Waals surface area contributed by atoms with E-state index in [9.17, 15) is 0 Å². The fourth-order valence-corrected chi connectivity index (χ4v) is 3.12. The monoisotopic (exact) mass is 266 g/mol. The van der Waals surface area contributed by atoms with Crippen LogP contribution in [0, 0.1) is 6.92 Å². The van der Waals surface area contributed by atoms with Gasteiger partial charge in [-0.15, -0.1) is 0 Å². The summed E-state index contributed by atoms with van der Waals surface area (Å²) < 4.78 is 0. The number of hydrogen-bond donors (Lipinski definition) is 1. The summed E-state index contributed by atoms with van der Waals surface area (Å²) in [6.45, 7) is 4.69. The van der Waals surface area contributed by atoms with Gasteiger partial charge in [-0.25, -0.2) is 0 Å². The van der Waals surface area contributed by atoms with Gasteiger partial charge in [-0.1, -0.05) is 36.6 Å². The Morgan fingerprint density at radius 1 is 1.33 bits per heavy atom. The molecule has 0 amide bonds. The van der Waals surface area contributed by atoms with Gasteiger partial charge in [0.15, 0.2) is 0 Å². The molecule has 1 saturated carbocycles. The molecular formula is C15H23ClN2. The molecule has 1 aromatic carbocycles. The van der Waals surface area contributed by atoms with E-state index in [4.69, 9.17) is 17.3 Å². The summed E-state index contributed by atoms with van der Waals surface area (Å²) in [6.07, 6.45) is 5.33. The van der Waals surface area contributed by atoms with E-state index in [1.54, 1.807) is 0 Å². The van der Waals surface area contributed by atoms with E-state index in [1.165, 1.54) is 36.8 Å². The van der Waals surface area contributed by atoms with Gasteiger partial charge in [0.25, 0.3) is 0 Å². The lowest BCUT2D eigenvalue weighted by atomic mass is 10.1. The highest BCUT2D eigenvalue weighted by atomic mass is 35.5. The highest BCUT2D eigenvalue weighted by Crippen LogP contribution is 2.26. The second-order valence-corrected chi connectivity index (χ2v) is 5.70. The Kier molecular flexibility index (Phi) is 5.04. The van der Waals surface area contributed by atoms with Crippen LogP contribution in [-0.4, -0.2) is 24.0 Å². The Balaban J connectivity index is 2.07. The van der Waals surface area contributed by atoms with Crippen LogP contribution in [0.5, 0.6) is 0 Å². The van der Waals surface area contributed by atoms with Crippen LogP contribution in [0.15, 0.2) is 18.2 Å². The zero-order valence-electron chi connectivity index (χ0n) is 11.2. The van der Waals surface area contributed by atoms with Crippen LogP contribution in [0.1, 0.15) is 36.8 Å². The molecule has 0 aliphatic heterocycles. The Morgan fingerprint density at radius 2 is 2.06 bits per heavy atom. The summed E-state index contributed by atoms with van der Waals surface area (Å²) in [7, 11) is 0. The van der Waals surface area contributed by atoms with Gasteiger partial charge in [0.05, 0.1) is 0 Å². The minimum absolute atomic E-state index is 0.700. The topological polar surface area (TPSA) is 29.3 Å². The molecule has 2 nitrogen and oxygen atoms in total. The number of hydrogen-bond acceptors (Lipinski definition) is 2. The summed E-state index contributed by atoms with van der Waals surface area (Å²) in [5, 5.41) is 0.884. The molecular weight excluding hydrogens is 244 g/mol. The number of rotatable bonds is 5. The van der Waals surface area contributed by atoms with Crippen molar-refractivity contribution >= 4 is 11.6 Å². The van der Waals surface area contributed by atoms with Crippen molar-refractivity contribution in [1.29, 1.82) is 0 Å². The van der Waals surface area contributed by atoms with Gasteiger partial charge in [-0.05, 0) is 37.0 Å². The van der Waals surface area contributed by atoms with Gasteiger partial charge in [-0.3, -0.25) is 4.90 Å². The number of aryl methyl sites for hydroxylation is 1. The average Bonchev–Trinajstić information content (AvgIpc) is 2.85. The van der Waals surface area contributed by atoms with Gasteiger partial charge in [0.1, 0.15) is 0 Å². The zero-order chi connectivity index (χ0) is 13.0. The maximum Gasteiger partial charge on any atom is 0.0453 e. The molecule has 2 rings (SSSR count). The summed E-state index contributed by atoms with van der Waals surface area (Å²) in [5.74, 6) is 0. The van der Waals surface area contributed by atoms with Crippen molar-refractivity contribution < 1.29 is 0 Å². The first kappa shape index (κ1) is 13.9. The molecule has 3 heteroatoms. The van der Waals surface area contributed by atoms with Crippen LogP contribution in [0.2, 0.25) is 5.02 Å². The molecule has 18 heavy (non-hydrogen) atoms. The lowest BCUT2D eigenvalue weighted by molar-refractivity contribution is 0.195. The minimum atomic E-state index is 0.700. The van der Waals surface area contributed by atoms with E-state index < -0.39 is 0 Å². The molecule has 0 heterocycles. The maximum absolute atomic E-state index is 6.32. The van der Waals surface area contributed by atoms with Crippen LogP contribution in [-0.2, 0) is 6.54 Å². The van der Waals surface area contributed by atoms with Gasteiger partial charge in [0, 0.05) is 30.7 Å².